The summed E-state index contributed by atoms with van der Waals surface area (Å²) in [5.41, 5.74) is 0.617. The quantitative estimate of drug-likeness (QED) is 0.225. The normalized spacial score (nSPS) is 30.0. The smallest absolute Gasteiger partial charge is 0.187 e. The molecular formula is C18H25N3O9. The number of hydrogen-bond acceptors (Lipinski definition) is 11. The monoisotopic (exact) mass is 427 g/mol. The molecule has 30 heavy (non-hydrogen) atoms. The Morgan fingerprint density at radius 2 is 1.73 bits per heavy atom. The van der Waals surface area contributed by atoms with Crippen LogP contribution in [0.5, 0.6) is 0 Å². The highest BCUT2D eigenvalue weighted by atomic mass is 16.7. The molecule has 2 heterocycles. The maximum absolute atomic E-state index is 10.7. The van der Waals surface area contributed by atoms with Crippen LogP contribution >= 0.6 is 0 Å². The topological polar surface area (TPSA) is 191 Å². The summed E-state index contributed by atoms with van der Waals surface area (Å²) in [5, 5.41) is 77.5. The molecular weight excluding hydrogens is 402 g/mol. The minimum absolute atomic E-state index is 0.000874. The Bertz CT molecular complexity index is 790. The fourth-order valence-electron chi connectivity index (χ4n) is 3.08. The Labute approximate surface area is 171 Å². The molecule has 0 bridgehead atoms. The molecule has 0 saturated carbocycles. The molecule has 1 saturated heterocycles. The molecule has 12 heteroatoms. The zero-order valence-corrected chi connectivity index (χ0v) is 15.8. The Morgan fingerprint density at radius 3 is 2.37 bits per heavy atom. The summed E-state index contributed by atoms with van der Waals surface area (Å²) in [5.74, 6) is 0. The average molecular weight is 427 g/mol. The average Bonchev–Trinajstić information content (AvgIpc) is 3.27. The first-order chi connectivity index (χ1) is 14.4. The van der Waals surface area contributed by atoms with Crippen LogP contribution in [0.15, 0.2) is 36.5 Å². The van der Waals surface area contributed by atoms with E-state index in [1.807, 2.05) is 6.07 Å². The summed E-state index contributed by atoms with van der Waals surface area (Å²) in [4.78, 5) is 1.24. The van der Waals surface area contributed by atoms with Gasteiger partial charge in [-0.2, -0.15) is 15.0 Å². The second-order valence-corrected chi connectivity index (χ2v) is 6.89. The molecule has 1 aliphatic rings. The molecule has 1 aromatic carbocycles. The second-order valence-electron chi connectivity index (χ2n) is 6.89. The van der Waals surface area contributed by atoms with Gasteiger partial charge in [-0.3, -0.25) is 0 Å². The van der Waals surface area contributed by atoms with Crippen LogP contribution in [0.25, 0.3) is 5.69 Å². The van der Waals surface area contributed by atoms with Gasteiger partial charge in [0, 0.05) is 0 Å². The molecule has 7 N–H and O–H groups in total. The van der Waals surface area contributed by atoms with Crippen LogP contribution < -0.4 is 0 Å². The predicted molar refractivity (Wildman–Crippen MR) is 98.1 cm³/mol. The maximum atomic E-state index is 10.7. The van der Waals surface area contributed by atoms with Crippen LogP contribution in [0.3, 0.4) is 0 Å². The lowest BCUT2D eigenvalue weighted by Crippen LogP contribution is -2.60. The first kappa shape index (κ1) is 22.7. The van der Waals surface area contributed by atoms with Crippen LogP contribution in [0.1, 0.15) is 11.8 Å². The second kappa shape index (κ2) is 9.87. The molecule has 2 aromatic rings. The van der Waals surface area contributed by atoms with Crippen molar-refractivity contribution in [2.75, 3.05) is 13.2 Å². The van der Waals surface area contributed by atoms with Crippen LogP contribution in [0, 0.1) is 0 Å². The van der Waals surface area contributed by atoms with E-state index >= 15 is 0 Å². The number of benzene rings is 1. The van der Waals surface area contributed by atoms with Crippen molar-refractivity contribution >= 4 is 0 Å². The minimum atomic E-state index is -1.75. The number of ether oxygens (including phenoxy) is 2. The molecule has 0 spiro atoms. The van der Waals surface area contributed by atoms with Gasteiger partial charge in [-0.15, -0.1) is 0 Å². The Balaban J connectivity index is 1.80. The van der Waals surface area contributed by atoms with Gasteiger partial charge >= 0.3 is 0 Å². The largest absolute Gasteiger partial charge is 0.394 e. The Kier molecular flexibility index (Phi) is 7.46. The zero-order chi connectivity index (χ0) is 21.8. The summed E-state index contributed by atoms with van der Waals surface area (Å²) >= 11 is 0. The van der Waals surface area contributed by atoms with E-state index in [0.717, 1.165) is 0 Å². The lowest BCUT2D eigenvalue weighted by Gasteiger charge is -2.41. The van der Waals surface area contributed by atoms with E-state index in [2.05, 4.69) is 10.2 Å². The van der Waals surface area contributed by atoms with Crippen LogP contribution in [-0.4, -0.2) is 107 Å². The van der Waals surface area contributed by atoms with Gasteiger partial charge in [0.1, 0.15) is 48.4 Å². The van der Waals surface area contributed by atoms with Gasteiger partial charge in [0.2, 0.25) is 0 Å². The molecule has 8 atom stereocenters. The third-order valence-corrected chi connectivity index (χ3v) is 4.82. The molecule has 0 radical (unpaired) electrons. The van der Waals surface area contributed by atoms with Gasteiger partial charge in [0.25, 0.3) is 0 Å². The standard InChI is InChI=1S/C18H25N3O9/c22-7-11(24)17(30-18-16(28)15(27)14(26)12(8-23)29-18)13(25)10-6-19-21(20-10)9-4-2-1-3-5-9/h1-6,11-18,22-28H,7-8H2/t11-,12-,13+,14-,15+,16-,17+,18+/m0/s1. The van der Waals surface area contributed by atoms with E-state index in [1.54, 1.807) is 24.3 Å². The number of hydrogen-bond donors (Lipinski definition) is 7. The van der Waals surface area contributed by atoms with E-state index in [4.69, 9.17) is 9.47 Å². The third-order valence-electron chi connectivity index (χ3n) is 4.82. The van der Waals surface area contributed by atoms with Crippen LogP contribution in [0.4, 0.5) is 0 Å². The summed E-state index contributed by atoms with van der Waals surface area (Å²) < 4.78 is 10.7. The summed E-state index contributed by atoms with van der Waals surface area (Å²) in [7, 11) is 0. The van der Waals surface area contributed by atoms with Crippen molar-refractivity contribution in [3.63, 3.8) is 0 Å². The lowest BCUT2D eigenvalue weighted by molar-refractivity contribution is -0.325. The van der Waals surface area contributed by atoms with Crippen LogP contribution in [0.2, 0.25) is 0 Å². The van der Waals surface area contributed by atoms with Crippen molar-refractivity contribution in [2.24, 2.45) is 0 Å². The first-order valence-electron chi connectivity index (χ1n) is 9.28. The highest BCUT2D eigenvalue weighted by molar-refractivity contribution is 5.28. The number of aliphatic hydroxyl groups excluding tert-OH is 7. The number of nitrogens with zero attached hydrogens (tertiary/aromatic N) is 3. The number of rotatable bonds is 8. The molecule has 3 rings (SSSR count). The van der Waals surface area contributed by atoms with Crippen molar-refractivity contribution in [2.45, 2.75) is 49.0 Å². The van der Waals surface area contributed by atoms with Crippen LogP contribution in [-0.2, 0) is 9.47 Å². The van der Waals surface area contributed by atoms with Crippen molar-refractivity contribution in [3.05, 3.63) is 42.2 Å². The molecule has 1 aliphatic heterocycles. The SMILES string of the molecule is OC[C@@H]1O[C@H](O[C@@H]([C@H](O)c2cnn(-c3ccccc3)n2)[C@@H](O)CO)[C@@H](O)[C@H](O)[C@H]1O. The van der Waals surface area contributed by atoms with Gasteiger partial charge < -0.3 is 45.2 Å². The molecule has 0 unspecified atom stereocenters. The Morgan fingerprint density at radius 1 is 1.03 bits per heavy atom. The molecule has 166 valence electrons. The lowest BCUT2D eigenvalue weighted by atomic mass is 9.99. The van der Waals surface area contributed by atoms with E-state index < -0.39 is 62.2 Å². The maximum Gasteiger partial charge on any atom is 0.187 e. The third kappa shape index (κ3) is 4.67. The van der Waals surface area contributed by atoms with Gasteiger partial charge in [-0.05, 0) is 12.1 Å². The summed E-state index contributed by atoms with van der Waals surface area (Å²) in [6.45, 7) is -1.47. The predicted octanol–water partition coefficient (Wildman–Crippen LogP) is -3.16. The molecule has 1 fully saturated rings. The van der Waals surface area contributed by atoms with E-state index in [-0.39, 0.29) is 5.69 Å². The van der Waals surface area contributed by atoms with Gasteiger partial charge in [0.15, 0.2) is 6.29 Å². The van der Waals surface area contributed by atoms with E-state index in [0.29, 0.717) is 5.69 Å². The van der Waals surface area contributed by atoms with Crippen molar-refractivity contribution in [3.8, 4) is 5.69 Å². The summed E-state index contributed by atoms with van der Waals surface area (Å²) in [6.07, 6.45) is -11.4. The fraction of sp³-hybridized carbons (Fsp3) is 0.556. The van der Waals surface area contributed by atoms with Crippen molar-refractivity contribution in [1.29, 1.82) is 0 Å². The van der Waals surface area contributed by atoms with Gasteiger partial charge in [-0.1, -0.05) is 18.2 Å². The number of para-hydroxylation sites is 1. The fourth-order valence-corrected chi connectivity index (χ4v) is 3.08. The highest BCUT2D eigenvalue weighted by Gasteiger charge is 2.46. The number of aliphatic hydroxyl groups is 7. The minimum Gasteiger partial charge on any atom is -0.394 e. The van der Waals surface area contributed by atoms with E-state index in [1.165, 1.54) is 11.0 Å². The van der Waals surface area contributed by atoms with Crippen molar-refractivity contribution < 1.29 is 45.2 Å². The van der Waals surface area contributed by atoms with Gasteiger partial charge in [0.05, 0.1) is 25.1 Å². The molecule has 1 aromatic heterocycles. The molecule has 12 nitrogen and oxygen atoms in total. The highest BCUT2D eigenvalue weighted by Crippen LogP contribution is 2.28. The zero-order valence-electron chi connectivity index (χ0n) is 15.8. The van der Waals surface area contributed by atoms with Gasteiger partial charge in [-0.25, -0.2) is 0 Å². The first-order valence-corrected chi connectivity index (χ1v) is 9.28. The molecule has 0 aliphatic carbocycles. The Hall–Kier alpha value is -2.00. The van der Waals surface area contributed by atoms with Crippen molar-refractivity contribution in [1.82, 2.24) is 15.0 Å². The van der Waals surface area contributed by atoms with E-state index in [9.17, 15) is 35.7 Å². The number of aromatic nitrogens is 3. The summed E-state index contributed by atoms with van der Waals surface area (Å²) in [6, 6.07) is 8.83. The molecule has 0 amide bonds.